The molecular formula is C11H12N2O. The van der Waals surface area contributed by atoms with Crippen molar-refractivity contribution in [2.24, 2.45) is 0 Å². The molecule has 14 heavy (non-hydrogen) atoms. The van der Waals surface area contributed by atoms with Crippen LogP contribution in [0.2, 0.25) is 0 Å². The molecule has 0 amide bonds. The Balaban J connectivity index is 0.000000293. The first kappa shape index (κ1) is 10.3. The molecule has 3 heteroatoms. The molecular weight excluding hydrogens is 176 g/mol. The SMILES string of the molecule is CC=O.Cc1ncnc2ccccc12. The Morgan fingerprint density at radius 3 is 2.50 bits per heavy atom. The van der Waals surface area contributed by atoms with Gasteiger partial charge >= 0.3 is 0 Å². The summed E-state index contributed by atoms with van der Waals surface area (Å²) >= 11 is 0. The molecule has 0 fully saturated rings. The maximum absolute atomic E-state index is 8.81. The van der Waals surface area contributed by atoms with Crippen LogP contribution in [0.5, 0.6) is 0 Å². The quantitative estimate of drug-likeness (QED) is 0.595. The van der Waals surface area contributed by atoms with E-state index in [9.17, 15) is 0 Å². The third-order valence-corrected chi connectivity index (χ3v) is 1.74. The van der Waals surface area contributed by atoms with Crippen LogP contribution in [-0.2, 0) is 4.79 Å². The number of hydrogen-bond donors (Lipinski definition) is 0. The van der Waals surface area contributed by atoms with E-state index in [1.807, 2.05) is 31.2 Å². The number of aromatic nitrogens is 2. The highest BCUT2D eigenvalue weighted by Gasteiger charge is 1.94. The van der Waals surface area contributed by atoms with Crippen molar-refractivity contribution in [2.45, 2.75) is 13.8 Å². The molecule has 3 nitrogen and oxygen atoms in total. The van der Waals surface area contributed by atoms with Crippen LogP contribution in [-0.4, -0.2) is 16.3 Å². The third kappa shape index (κ3) is 2.36. The smallest absolute Gasteiger partial charge is 0.116 e. The lowest BCUT2D eigenvalue weighted by molar-refractivity contribution is -0.106. The predicted molar refractivity (Wildman–Crippen MR) is 56.0 cm³/mol. The summed E-state index contributed by atoms with van der Waals surface area (Å²) in [4.78, 5) is 17.0. The number of aldehydes is 1. The van der Waals surface area contributed by atoms with Gasteiger partial charge in [-0.15, -0.1) is 0 Å². The molecule has 1 heterocycles. The molecule has 1 aromatic heterocycles. The number of aryl methyl sites for hydroxylation is 1. The van der Waals surface area contributed by atoms with Gasteiger partial charge in [-0.2, -0.15) is 0 Å². The Labute approximate surface area is 82.8 Å². The molecule has 0 aliphatic rings. The average molecular weight is 188 g/mol. The fraction of sp³-hybridized carbons (Fsp3) is 0.182. The van der Waals surface area contributed by atoms with Gasteiger partial charge in [-0.25, -0.2) is 9.97 Å². The monoisotopic (exact) mass is 188 g/mol. The van der Waals surface area contributed by atoms with Crippen LogP contribution in [0.3, 0.4) is 0 Å². The zero-order chi connectivity index (χ0) is 10.4. The van der Waals surface area contributed by atoms with Crippen molar-refractivity contribution in [1.29, 1.82) is 0 Å². The van der Waals surface area contributed by atoms with Crippen molar-refractivity contribution in [2.75, 3.05) is 0 Å². The summed E-state index contributed by atoms with van der Waals surface area (Å²) in [5.41, 5.74) is 2.05. The first-order chi connectivity index (χ1) is 6.79. The van der Waals surface area contributed by atoms with Crippen LogP contribution in [0.25, 0.3) is 10.9 Å². The number of para-hydroxylation sites is 1. The van der Waals surface area contributed by atoms with Gasteiger partial charge in [-0.05, 0) is 19.9 Å². The highest BCUT2D eigenvalue weighted by molar-refractivity contribution is 5.80. The minimum atomic E-state index is 0.750. The summed E-state index contributed by atoms with van der Waals surface area (Å²) in [5.74, 6) is 0. The molecule has 0 atom stereocenters. The molecule has 0 N–H and O–H groups in total. The highest BCUT2D eigenvalue weighted by Crippen LogP contribution is 2.11. The number of rotatable bonds is 0. The second-order valence-electron chi connectivity index (χ2n) is 2.71. The average Bonchev–Trinajstić information content (AvgIpc) is 2.20. The van der Waals surface area contributed by atoms with E-state index in [4.69, 9.17) is 4.79 Å². The van der Waals surface area contributed by atoms with Crippen LogP contribution >= 0.6 is 0 Å². The molecule has 0 spiro atoms. The van der Waals surface area contributed by atoms with Crippen LogP contribution < -0.4 is 0 Å². The van der Waals surface area contributed by atoms with Gasteiger partial charge in [-0.3, -0.25) is 0 Å². The van der Waals surface area contributed by atoms with Crippen LogP contribution in [0.4, 0.5) is 0 Å². The Morgan fingerprint density at radius 1 is 1.21 bits per heavy atom. The number of carbonyl (C=O) groups excluding carboxylic acids is 1. The van der Waals surface area contributed by atoms with Gasteiger partial charge in [-0.1, -0.05) is 18.2 Å². The molecule has 0 saturated heterocycles. The van der Waals surface area contributed by atoms with E-state index in [2.05, 4.69) is 9.97 Å². The Bertz CT molecular complexity index is 421. The van der Waals surface area contributed by atoms with Crippen molar-refractivity contribution in [3.63, 3.8) is 0 Å². The number of nitrogens with zero attached hydrogens (tertiary/aromatic N) is 2. The van der Waals surface area contributed by atoms with E-state index >= 15 is 0 Å². The lowest BCUT2D eigenvalue weighted by Crippen LogP contribution is -1.85. The first-order valence-corrected chi connectivity index (χ1v) is 4.35. The van der Waals surface area contributed by atoms with Crippen molar-refractivity contribution in [3.05, 3.63) is 36.3 Å². The van der Waals surface area contributed by atoms with Crippen molar-refractivity contribution < 1.29 is 4.79 Å². The van der Waals surface area contributed by atoms with Gasteiger partial charge in [0.15, 0.2) is 0 Å². The molecule has 0 unspecified atom stereocenters. The van der Waals surface area contributed by atoms with E-state index in [-0.39, 0.29) is 0 Å². The van der Waals surface area contributed by atoms with Gasteiger partial charge in [0.25, 0.3) is 0 Å². The number of fused-ring (bicyclic) bond motifs is 1. The topological polar surface area (TPSA) is 42.9 Å². The Kier molecular flexibility index (Phi) is 3.73. The van der Waals surface area contributed by atoms with Gasteiger partial charge in [0, 0.05) is 11.1 Å². The van der Waals surface area contributed by atoms with Crippen molar-refractivity contribution in [1.82, 2.24) is 9.97 Å². The Morgan fingerprint density at radius 2 is 1.86 bits per heavy atom. The maximum atomic E-state index is 8.81. The van der Waals surface area contributed by atoms with Crippen molar-refractivity contribution >= 4 is 17.2 Å². The summed E-state index contributed by atoms with van der Waals surface area (Å²) < 4.78 is 0. The number of hydrogen-bond acceptors (Lipinski definition) is 3. The fourth-order valence-electron chi connectivity index (χ4n) is 1.14. The second-order valence-corrected chi connectivity index (χ2v) is 2.71. The van der Waals surface area contributed by atoms with Crippen LogP contribution in [0.15, 0.2) is 30.6 Å². The van der Waals surface area contributed by atoms with Gasteiger partial charge in [0.05, 0.1) is 5.52 Å². The van der Waals surface area contributed by atoms with Gasteiger partial charge in [0.2, 0.25) is 0 Å². The fourth-order valence-corrected chi connectivity index (χ4v) is 1.14. The molecule has 0 bridgehead atoms. The molecule has 0 saturated carbocycles. The van der Waals surface area contributed by atoms with E-state index in [1.54, 1.807) is 6.33 Å². The second kappa shape index (κ2) is 5.07. The normalized spacial score (nSPS) is 9.00. The first-order valence-electron chi connectivity index (χ1n) is 4.35. The largest absolute Gasteiger partial charge is 0.304 e. The lowest BCUT2D eigenvalue weighted by atomic mass is 10.2. The number of carbonyl (C=O) groups is 1. The standard InChI is InChI=1S/C9H8N2.C2H4O/c1-7-8-4-2-3-5-9(8)11-6-10-7;1-2-3/h2-6H,1H3;2H,1H3. The third-order valence-electron chi connectivity index (χ3n) is 1.74. The zero-order valence-corrected chi connectivity index (χ0v) is 8.27. The maximum Gasteiger partial charge on any atom is 0.116 e. The number of benzene rings is 1. The molecule has 72 valence electrons. The summed E-state index contributed by atoms with van der Waals surface area (Å²) in [6, 6.07) is 8.00. The van der Waals surface area contributed by atoms with Gasteiger partial charge < -0.3 is 4.79 Å². The van der Waals surface area contributed by atoms with E-state index in [0.29, 0.717) is 0 Å². The van der Waals surface area contributed by atoms with Crippen molar-refractivity contribution in [3.8, 4) is 0 Å². The summed E-state index contributed by atoms with van der Waals surface area (Å²) in [6.07, 6.45) is 2.34. The molecule has 1 aromatic carbocycles. The van der Waals surface area contributed by atoms with E-state index in [1.165, 1.54) is 6.92 Å². The van der Waals surface area contributed by atoms with Crippen LogP contribution in [0.1, 0.15) is 12.6 Å². The summed E-state index contributed by atoms with van der Waals surface area (Å²) in [5, 5.41) is 1.13. The lowest BCUT2D eigenvalue weighted by Gasteiger charge is -1.96. The predicted octanol–water partition coefficient (Wildman–Crippen LogP) is 2.14. The van der Waals surface area contributed by atoms with Gasteiger partial charge in [0.1, 0.15) is 12.6 Å². The summed E-state index contributed by atoms with van der Waals surface area (Å²) in [6.45, 7) is 3.43. The van der Waals surface area contributed by atoms with E-state index in [0.717, 1.165) is 22.9 Å². The molecule has 0 aliphatic heterocycles. The molecule has 0 radical (unpaired) electrons. The summed E-state index contributed by atoms with van der Waals surface area (Å²) in [7, 11) is 0. The zero-order valence-electron chi connectivity index (χ0n) is 8.27. The molecule has 0 aliphatic carbocycles. The van der Waals surface area contributed by atoms with E-state index < -0.39 is 0 Å². The Hall–Kier alpha value is -1.77. The molecule has 2 aromatic rings. The minimum Gasteiger partial charge on any atom is -0.304 e. The van der Waals surface area contributed by atoms with Crippen LogP contribution in [0, 0.1) is 6.92 Å². The minimum absolute atomic E-state index is 0.750. The highest BCUT2D eigenvalue weighted by atomic mass is 16.1. The molecule has 2 rings (SSSR count).